The maximum absolute atomic E-state index is 12.8. The molecular formula is C25H22N4O5S. The lowest BCUT2D eigenvalue weighted by Crippen LogP contribution is -2.17. The monoisotopic (exact) mass is 490 g/mol. The second-order valence-electron chi connectivity index (χ2n) is 7.86. The van der Waals surface area contributed by atoms with Gasteiger partial charge in [-0.25, -0.2) is 13.1 Å². The second kappa shape index (κ2) is 9.15. The van der Waals surface area contributed by atoms with Crippen LogP contribution in [0.1, 0.15) is 16.2 Å². The molecule has 1 aliphatic heterocycles. The fraction of sp³-hybridized carbons (Fsp3) is 0.120. The lowest BCUT2D eigenvalue weighted by molar-refractivity contribution is 0.102. The Hall–Kier alpha value is -4.31. The highest BCUT2D eigenvalue weighted by Crippen LogP contribution is 2.32. The molecule has 1 aliphatic rings. The molecule has 1 aromatic heterocycles. The van der Waals surface area contributed by atoms with E-state index in [0.717, 1.165) is 11.4 Å². The number of sulfonamides is 1. The summed E-state index contributed by atoms with van der Waals surface area (Å²) in [5.41, 5.74) is 2.81. The van der Waals surface area contributed by atoms with Gasteiger partial charge in [0.15, 0.2) is 17.2 Å². The molecule has 10 heteroatoms. The van der Waals surface area contributed by atoms with Crippen molar-refractivity contribution in [3.8, 4) is 17.2 Å². The van der Waals surface area contributed by atoms with Gasteiger partial charge in [-0.15, -0.1) is 0 Å². The average Bonchev–Trinajstić information content (AvgIpc) is 3.27. The van der Waals surface area contributed by atoms with E-state index in [-0.39, 0.29) is 16.5 Å². The van der Waals surface area contributed by atoms with Crippen molar-refractivity contribution in [2.45, 2.75) is 11.8 Å². The standard InChI is InChI=1S/C25H22N4O5S/c1-17-15-22(27-29(17)20-5-3-2-4-6-20)25(30)26-18-7-9-19(10-8-18)28-35(31,32)21-11-12-23-24(16-21)34-14-13-33-23/h2-12,15-16,28H,13-14H2,1H3,(H,26,30). The highest BCUT2D eigenvalue weighted by molar-refractivity contribution is 7.92. The minimum atomic E-state index is -3.84. The van der Waals surface area contributed by atoms with Crippen molar-refractivity contribution < 1.29 is 22.7 Å². The number of aromatic nitrogens is 2. The summed E-state index contributed by atoms with van der Waals surface area (Å²) in [6.45, 7) is 2.66. The quantitative estimate of drug-likeness (QED) is 0.423. The molecule has 0 spiro atoms. The van der Waals surface area contributed by atoms with Crippen molar-refractivity contribution in [1.82, 2.24) is 9.78 Å². The molecule has 0 fully saturated rings. The summed E-state index contributed by atoms with van der Waals surface area (Å²) >= 11 is 0. The predicted molar refractivity (Wildman–Crippen MR) is 131 cm³/mol. The maximum atomic E-state index is 12.8. The Labute approximate surface area is 202 Å². The molecule has 35 heavy (non-hydrogen) atoms. The molecule has 2 heterocycles. The minimum absolute atomic E-state index is 0.0588. The molecule has 0 bridgehead atoms. The number of carbonyl (C=O) groups excluding carboxylic acids is 1. The van der Waals surface area contributed by atoms with Crippen LogP contribution in [0.15, 0.2) is 83.8 Å². The van der Waals surface area contributed by atoms with Gasteiger partial charge in [0.25, 0.3) is 15.9 Å². The van der Waals surface area contributed by atoms with Crippen molar-refractivity contribution in [2.75, 3.05) is 23.3 Å². The first-order chi connectivity index (χ1) is 16.9. The van der Waals surface area contributed by atoms with E-state index in [0.29, 0.717) is 36.1 Å². The molecule has 5 rings (SSSR count). The summed E-state index contributed by atoms with van der Waals surface area (Å²) in [5, 5.41) is 7.18. The molecule has 0 unspecified atom stereocenters. The van der Waals surface area contributed by atoms with Crippen LogP contribution >= 0.6 is 0 Å². The molecule has 3 aromatic carbocycles. The first kappa shape index (κ1) is 22.5. The van der Waals surface area contributed by atoms with E-state index in [4.69, 9.17) is 9.47 Å². The number of hydrogen-bond acceptors (Lipinski definition) is 6. The van der Waals surface area contributed by atoms with E-state index >= 15 is 0 Å². The molecule has 0 saturated heterocycles. The third-order valence-electron chi connectivity index (χ3n) is 5.34. The van der Waals surface area contributed by atoms with Crippen molar-refractivity contribution in [3.05, 3.63) is 90.3 Å². The highest BCUT2D eigenvalue weighted by atomic mass is 32.2. The van der Waals surface area contributed by atoms with Crippen LogP contribution in [0.3, 0.4) is 0 Å². The summed E-state index contributed by atoms with van der Waals surface area (Å²) in [4.78, 5) is 12.8. The van der Waals surface area contributed by atoms with Crippen LogP contribution in [-0.2, 0) is 10.0 Å². The predicted octanol–water partition coefficient (Wildman–Crippen LogP) is 4.01. The first-order valence-electron chi connectivity index (χ1n) is 10.8. The summed E-state index contributed by atoms with van der Waals surface area (Å²) in [7, 11) is -3.84. The zero-order chi connectivity index (χ0) is 24.4. The molecule has 9 nitrogen and oxygen atoms in total. The molecule has 0 atom stereocenters. The Morgan fingerprint density at radius 2 is 1.57 bits per heavy atom. The van der Waals surface area contributed by atoms with E-state index in [1.807, 2.05) is 37.3 Å². The molecular weight excluding hydrogens is 468 g/mol. The number of para-hydroxylation sites is 1. The van der Waals surface area contributed by atoms with Crippen molar-refractivity contribution in [1.29, 1.82) is 0 Å². The van der Waals surface area contributed by atoms with Crippen LogP contribution in [-0.4, -0.2) is 37.3 Å². The van der Waals surface area contributed by atoms with Gasteiger partial charge in [-0.05, 0) is 61.5 Å². The minimum Gasteiger partial charge on any atom is -0.486 e. The summed E-state index contributed by atoms with van der Waals surface area (Å²) < 4.78 is 40.7. The molecule has 0 aliphatic carbocycles. The normalized spacial score (nSPS) is 12.7. The number of carbonyl (C=O) groups is 1. The zero-order valence-electron chi connectivity index (χ0n) is 18.8. The van der Waals surface area contributed by atoms with E-state index in [9.17, 15) is 13.2 Å². The average molecular weight is 491 g/mol. The van der Waals surface area contributed by atoms with Gasteiger partial charge in [0.2, 0.25) is 0 Å². The van der Waals surface area contributed by atoms with Crippen LogP contribution in [0.2, 0.25) is 0 Å². The largest absolute Gasteiger partial charge is 0.486 e. The van der Waals surface area contributed by atoms with Gasteiger partial charge in [0, 0.05) is 23.1 Å². The van der Waals surface area contributed by atoms with Crippen molar-refractivity contribution >= 4 is 27.3 Å². The lowest BCUT2D eigenvalue weighted by atomic mass is 10.2. The van der Waals surface area contributed by atoms with Crippen LogP contribution in [0, 0.1) is 6.92 Å². The van der Waals surface area contributed by atoms with Gasteiger partial charge in [-0.2, -0.15) is 5.10 Å². The SMILES string of the molecule is Cc1cc(C(=O)Nc2ccc(NS(=O)(=O)c3ccc4c(c3)OCCO4)cc2)nn1-c1ccccc1. The number of amides is 1. The number of benzene rings is 3. The van der Waals surface area contributed by atoms with Gasteiger partial charge in [-0.3, -0.25) is 9.52 Å². The Morgan fingerprint density at radius 1 is 0.886 bits per heavy atom. The third-order valence-corrected chi connectivity index (χ3v) is 6.72. The topological polar surface area (TPSA) is 112 Å². The number of ether oxygens (including phenoxy) is 2. The zero-order valence-corrected chi connectivity index (χ0v) is 19.6. The number of aryl methyl sites for hydroxylation is 1. The Bertz CT molecular complexity index is 1480. The van der Waals surface area contributed by atoms with Gasteiger partial charge >= 0.3 is 0 Å². The number of rotatable bonds is 6. The second-order valence-corrected chi connectivity index (χ2v) is 9.54. The van der Waals surface area contributed by atoms with Gasteiger partial charge in [0.1, 0.15) is 13.2 Å². The molecule has 0 radical (unpaired) electrons. The van der Waals surface area contributed by atoms with E-state index in [1.54, 1.807) is 41.1 Å². The molecule has 178 valence electrons. The highest BCUT2D eigenvalue weighted by Gasteiger charge is 2.20. The van der Waals surface area contributed by atoms with Gasteiger partial charge in [-0.1, -0.05) is 18.2 Å². The number of hydrogen-bond donors (Lipinski definition) is 2. The summed E-state index contributed by atoms with van der Waals surface area (Å²) in [6.07, 6.45) is 0. The third kappa shape index (κ3) is 4.82. The van der Waals surface area contributed by atoms with E-state index in [2.05, 4.69) is 15.1 Å². The van der Waals surface area contributed by atoms with Crippen LogP contribution in [0.25, 0.3) is 5.69 Å². The first-order valence-corrected chi connectivity index (χ1v) is 12.3. The molecule has 1 amide bonds. The molecule has 0 saturated carbocycles. The van der Waals surface area contributed by atoms with Crippen LogP contribution in [0.5, 0.6) is 11.5 Å². The van der Waals surface area contributed by atoms with Gasteiger partial charge in [0.05, 0.1) is 10.6 Å². The summed E-state index contributed by atoms with van der Waals surface area (Å²) in [5.74, 6) is 0.536. The Balaban J connectivity index is 1.27. The van der Waals surface area contributed by atoms with Crippen LogP contribution in [0.4, 0.5) is 11.4 Å². The van der Waals surface area contributed by atoms with Gasteiger partial charge < -0.3 is 14.8 Å². The fourth-order valence-corrected chi connectivity index (χ4v) is 4.71. The fourth-order valence-electron chi connectivity index (χ4n) is 3.64. The molecule has 4 aromatic rings. The Morgan fingerprint density at radius 3 is 2.31 bits per heavy atom. The summed E-state index contributed by atoms with van der Waals surface area (Å²) in [6, 6.07) is 22.1. The smallest absolute Gasteiger partial charge is 0.276 e. The number of nitrogens with zero attached hydrogens (tertiary/aromatic N) is 2. The van der Waals surface area contributed by atoms with E-state index in [1.165, 1.54) is 12.1 Å². The number of anilines is 2. The van der Waals surface area contributed by atoms with E-state index < -0.39 is 10.0 Å². The number of nitrogens with one attached hydrogen (secondary N) is 2. The van der Waals surface area contributed by atoms with Crippen molar-refractivity contribution in [3.63, 3.8) is 0 Å². The molecule has 2 N–H and O–H groups in total. The van der Waals surface area contributed by atoms with Crippen LogP contribution < -0.4 is 19.5 Å². The lowest BCUT2D eigenvalue weighted by Gasteiger charge is -2.19. The van der Waals surface area contributed by atoms with Crippen molar-refractivity contribution in [2.24, 2.45) is 0 Å². The Kier molecular flexibility index (Phi) is 5.87. The maximum Gasteiger partial charge on any atom is 0.276 e. The number of fused-ring (bicyclic) bond motifs is 1.